The predicted molar refractivity (Wildman–Crippen MR) is 73.0 cm³/mol. The molecule has 0 saturated carbocycles. The van der Waals surface area contributed by atoms with Crippen LogP contribution in [0.25, 0.3) is 11.0 Å². The highest BCUT2D eigenvalue weighted by Gasteiger charge is 2.08. The average molecular weight is 260 g/mol. The maximum absolute atomic E-state index is 12.1. The molecule has 2 aromatic rings. The summed E-state index contributed by atoms with van der Waals surface area (Å²) < 4.78 is 7.99. The van der Waals surface area contributed by atoms with Crippen molar-refractivity contribution in [3.63, 3.8) is 0 Å². The zero-order valence-electron chi connectivity index (χ0n) is 11.0. The summed E-state index contributed by atoms with van der Waals surface area (Å²) in [6.45, 7) is 2.44. The number of esters is 1. The number of ether oxygens (including phenoxy) is 1. The van der Waals surface area contributed by atoms with E-state index >= 15 is 0 Å². The molecule has 0 aliphatic rings. The van der Waals surface area contributed by atoms with Crippen LogP contribution in [-0.2, 0) is 23.1 Å². The Morgan fingerprint density at radius 2 is 2.00 bits per heavy atom. The first-order valence-corrected chi connectivity index (χ1v) is 6.12. The summed E-state index contributed by atoms with van der Waals surface area (Å²) in [5.41, 5.74) is 1.62. The molecule has 0 aliphatic carbocycles. The van der Waals surface area contributed by atoms with Gasteiger partial charge >= 0.3 is 11.7 Å². The fourth-order valence-electron chi connectivity index (χ4n) is 1.98. The number of fused-ring (bicyclic) bond motifs is 1. The molecule has 5 heteroatoms. The van der Waals surface area contributed by atoms with Crippen LogP contribution in [0.15, 0.2) is 41.2 Å². The van der Waals surface area contributed by atoms with Gasteiger partial charge in [-0.15, -0.1) is 0 Å². The zero-order valence-corrected chi connectivity index (χ0v) is 11.0. The van der Waals surface area contributed by atoms with E-state index < -0.39 is 5.97 Å². The van der Waals surface area contributed by atoms with E-state index in [1.165, 1.54) is 6.08 Å². The van der Waals surface area contributed by atoms with Gasteiger partial charge in [0.05, 0.1) is 17.6 Å². The fourth-order valence-corrected chi connectivity index (χ4v) is 1.98. The predicted octanol–water partition coefficient (Wildman–Crippen LogP) is 1.46. The number of carbonyl (C=O) groups is 1. The largest absolute Gasteiger partial charge is 0.463 e. The van der Waals surface area contributed by atoms with Crippen molar-refractivity contribution in [3.05, 3.63) is 46.9 Å². The minimum absolute atomic E-state index is 0.102. The summed E-state index contributed by atoms with van der Waals surface area (Å²) in [5, 5.41) is 0. The quantitative estimate of drug-likeness (QED) is 0.617. The van der Waals surface area contributed by atoms with Crippen LogP contribution in [-0.4, -0.2) is 21.7 Å². The molecule has 0 atom stereocenters. The molecule has 0 unspecified atom stereocenters. The first-order chi connectivity index (χ1) is 9.15. The summed E-state index contributed by atoms with van der Waals surface area (Å²) in [7, 11) is 1.73. The maximum Gasteiger partial charge on any atom is 0.330 e. The second-order valence-corrected chi connectivity index (χ2v) is 4.10. The lowest BCUT2D eigenvalue weighted by Gasteiger charge is -1.98. The lowest BCUT2D eigenvalue weighted by molar-refractivity contribution is -0.137. The van der Waals surface area contributed by atoms with Crippen molar-refractivity contribution in [2.75, 3.05) is 6.61 Å². The molecular formula is C14H16N2O3. The number of hydrogen-bond acceptors (Lipinski definition) is 3. The van der Waals surface area contributed by atoms with Crippen LogP contribution in [0.5, 0.6) is 0 Å². The highest BCUT2D eigenvalue weighted by molar-refractivity contribution is 5.82. The second-order valence-electron chi connectivity index (χ2n) is 4.10. The molecule has 0 bridgehead atoms. The highest BCUT2D eigenvalue weighted by Crippen LogP contribution is 2.11. The lowest BCUT2D eigenvalue weighted by atomic mass is 10.3. The number of benzene rings is 1. The van der Waals surface area contributed by atoms with E-state index in [-0.39, 0.29) is 5.69 Å². The number of aryl methyl sites for hydroxylation is 1. The standard InChI is InChI=1S/C14H16N2O3/c1-3-19-13(17)9-6-10-16-12-8-5-4-7-11(12)15(2)14(16)18/h4-9H,3,10H2,1-2H3/b9-6+. The van der Waals surface area contributed by atoms with Crippen molar-refractivity contribution < 1.29 is 9.53 Å². The van der Waals surface area contributed by atoms with E-state index in [0.29, 0.717) is 13.2 Å². The first-order valence-electron chi connectivity index (χ1n) is 6.12. The first kappa shape index (κ1) is 13.1. The smallest absolute Gasteiger partial charge is 0.330 e. The molecule has 5 nitrogen and oxygen atoms in total. The van der Waals surface area contributed by atoms with Gasteiger partial charge < -0.3 is 4.74 Å². The van der Waals surface area contributed by atoms with Gasteiger partial charge in [0, 0.05) is 19.7 Å². The molecule has 0 amide bonds. The number of aromatic nitrogens is 2. The molecule has 0 aliphatic heterocycles. The van der Waals surface area contributed by atoms with Crippen molar-refractivity contribution in [2.45, 2.75) is 13.5 Å². The van der Waals surface area contributed by atoms with Gasteiger partial charge in [-0.25, -0.2) is 9.59 Å². The van der Waals surface area contributed by atoms with Gasteiger partial charge in [0.1, 0.15) is 0 Å². The van der Waals surface area contributed by atoms with Gasteiger partial charge in [-0.05, 0) is 19.1 Å². The van der Waals surface area contributed by atoms with E-state index in [2.05, 4.69) is 0 Å². The Balaban J connectivity index is 2.29. The van der Waals surface area contributed by atoms with Gasteiger partial charge in [0.15, 0.2) is 0 Å². The minimum Gasteiger partial charge on any atom is -0.463 e. The Kier molecular flexibility index (Phi) is 3.85. The number of para-hydroxylation sites is 2. The summed E-state index contributed by atoms with van der Waals surface area (Å²) >= 11 is 0. The lowest BCUT2D eigenvalue weighted by Crippen LogP contribution is -2.21. The zero-order chi connectivity index (χ0) is 13.8. The van der Waals surface area contributed by atoms with E-state index in [1.807, 2.05) is 24.3 Å². The molecular weight excluding hydrogens is 244 g/mol. The van der Waals surface area contributed by atoms with Crippen LogP contribution in [0.4, 0.5) is 0 Å². The molecule has 0 saturated heterocycles. The molecule has 2 rings (SSSR count). The Bertz CT molecular complexity index is 680. The third-order valence-corrected chi connectivity index (χ3v) is 2.88. The van der Waals surface area contributed by atoms with Gasteiger partial charge in [-0.2, -0.15) is 0 Å². The van der Waals surface area contributed by atoms with Crippen molar-refractivity contribution in [3.8, 4) is 0 Å². The maximum atomic E-state index is 12.1. The van der Waals surface area contributed by atoms with E-state index in [4.69, 9.17) is 4.74 Å². The molecule has 1 heterocycles. The normalized spacial score (nSPS) is 11.3. The summed E-state index contributed by atoms with van der Waals surface area (Å²) in [5.74, 6) is -0.393. The SMILES string of the molecule is CCOC(=O)/C=C/Cn1c(=O)n(C)c2ccccc21. The molecule has 100 valence electrons. The van der Waals surface area contributed by atoms with Crippen LogP contribution < -0.4 is 5.69 Å². The second kappa shape index (κ2) is 5.56. The van der Waals surface area contributed by atoms with Crippen LogP contribution in [0.2, 0.25) is 0 Å². The number of rotatable bonds is 4. The fraction of sp³-hybridized carbons (Fsp3) is 0.286. The monoisotopic (exact) mass is 260 g/mol. The van der Waals surface area contributed by atoms with E-state index in [0.717, 1.165) is 11.0 Å². The summed E-state index contributed by atoms with van der Waals surface area (Å²) in [4.78, 5) is 23.3. The van der Waals surface area contributed by atoms with Crippen LogP contribution in [0.1, 0.15) is 6.92 Å². The van der Waals surface area contributed by atoms with Crippen molar-refractivity contribution in [2.24, 2.45) is 7.05 Å². The molecule has 1 aromatic heterocycles. The Morgan fingerprint density at radius 1 is 1.32 bits per heavy atom. The van der Waals surface area contributed by atoms with Crippen molar-refractivity contribution in [1.82, 2.24) is 9.13 Å². The Morgan fingerprint density at radius 3 is 2.68 bits per heavy atom. The van der Waals surface area contributed by atoms with Gasteiger partial charge in [-0.1, -0.05) is 18.2 Å². The van der Waals surface area contributed by atoms with Gasteiger partial charge in [0.25, 0.3) is 0 Å². The van der Waals surface area contributed by atoms with Gasteiger partial charge in [-0.3, -0.25) is 9.13 Å². The number of allylic oxidation sites excluding steroid dienone is 1. The highest BCUT2D eigenvalue weighted by atomic mass is 16.5. The van der Waals surface area contributed by atoms with E-state index in [9.17, 15) is 9.59 Å². The van der Waals surface area contributed by atoms with Crippen LogP contribution in [0.3, 0.4) is 0 Å². The van der Waals surface area contributed by atoms with Crippen molar-refractivity contribution >= 4 is 17.0 Å². The number of nitrogens with zero attached hydrogens (tertiary/aromatic N) is 2. The summed E-state index contributed by atoms with van der Waals surface area (Å²) in [6.07, 6.45) is 2.98. The number of hydrogen-bond donors (Lipinski definition) is 0. The molecule has 1 aromatic carbocycles. The topological polar surface area (TPSA) is 53.2 Å². The van der Waals surface area contributed by atoms with Crippen molar-refractivity contribution in [1.29, 1.82) is 0 Å². The third kappa shape index (κ3) is 2.59. The van der Waals surface area contributed by atoms with E-state index in [1.54, 1.807) is 29.2 Å². The number of carbonyl (C=O) groups excluding carboxylic acids is 1. The summed E-state index contributed by atoms with van der Waals surface area (Å²) in [6, 6.07) is 7.55. The van der Waals surface area contributed by atoms with Crippen LogP contribution in [0, 0.1) is 0 Å². The molecule has 0 N–H and O–H groups in total. The third-order valence-electron chi connectivity index (χ3n) is 2.88. The number of imidazole rings is 1. The molecule has 0 radical (unpaired) electrons. The molecule has 0 fully saturated rings. The van der Waals surface area contributed by atoms with Gasteiger partial charge in [0.2, 0.25) is 0 Å². The molecule has 0 spiro atoms. The minimum atomic E-state index is -0.393. The van der Waals surface area contributed by atoms with Crippen LogP contribution >= 0.6 is 0 Å². The Hall–Kier alpha value is -2.30. The average Bonchev–Trinajstić information content (AvgIpc) is 2.65. The molecule has 19 heavy (non-hydrogen) atoms. The Labute approximate surface area is 110 Å².